The van der Waals surface area contributed by atoms with Gasteiger partial charge in [0, 0.05) is 15.6 Å². The smallest absolute Gasteiger partial charge is 0.265 e. The van der Waals surface area contributed by atoms with Gasteiger partial charge in [0.25, 0.3) is 11.8 Å². The number of amides is 3. The molecule has 27 heavy (non-hydrogen) atoms. The second-order valence-corrected chi connectivity index (χ2v) is 6.62. The zero-order valence-corrected chi connectivity index (χ0v) is 15.7. The molecule has 7 nitrogen and oxygen atoms in total. The van der Waals surface area contributed by atoms with Crippen molar-refractivity contribution in [2.75, 3.05) is 12.0 Å². The fourth-order valence-corrected chi connectivity index (χ4v) is 2.95. The Kier molecular flexibility index (Phi) is 5.65. The molecule has 1 aliphatic heterocycles. The molecule has 1 atom stereocenters. The number of rotatable bonds is 5. The highest BCUT2D eigenvalue weighted by molar-refractivity contribution is 6.31. The highest BCUT2D eigenvalue weighted by atomic mass is 35.5. The first kappa shape index (κ1) is 19.2. The zero-order valence-electron chi connectivity index (χ0n) is 14.2. The van der Waals surface area contributed by atoms with Crippen molar-refractivity contribution < 1.29 is 19.1 Å². The van der Waals surface area contributed by atoms with Crippen LogP contribution >= 0.6 is 23.2 Å². The molecule has 0 aromatic heterocycles. The van der Waals surface area contributed by atoms with Crippen LogP contribution < -0.4 is 20.5 Å². The molecule has 3 amide bonds. The van der Waals surface area contributed by atoms with Crippen LogP contribution in [0.3, 0.4) is 0 Å². The maximum absolute atomic E-state index is 12.7. The van der Waals surface area contributed by atoms with Gasteiger partial charge >= 0.3 is 0 Å². The molecule has 1 saturated heterocycles. The van der Waals surface area contributed by atoms with Crippen molar-refractivity contribution in [1.29, 1.82) is 0 Å². The number of ether oxygens (including phenoxy) is 1. The SMILES string of the molecule is COc1ccc(Cl)cc1N1C(=O)CC(NNC(=O)c2ccc(Cl)cc2)C1=O. The van der Waals surface area contributed by atoms with Gasteiger partial charge in [0.1, 0.15) is 11.8 Å². The Bertz CT molecular complexity index is 902. The molecule has 1 unspecified atom stereocenters. The third kappa shape index (κ3) is 4.05. The number of nitrogens with zero attached hydrogens (tertiary/aromatic N) is 1. The number of imide groups is 1. The average molecular weight is 408 g/mol. The Hall–Kier alpha value is -2.61. The Morgan fingerprint density at radius 1 is 1.11 bits per heavy atom. The number of halogens is 2. The van der Waals surface area contributed by atoms with Gasteiger partial charge in [-0.3, -0.25) is 19.8 Å². The third-order valence-corrected chi connectivity index (χ3v) is 4.48. The lowest BCUT2D eigenvalue weighted by Crippen LogP contribution is -2.48. The third-order valence-electron chi connectivity index (χ3n) is 3.99. The molecule has 0 aliphatic carbocycles. The van der Waals surface area contributed by atoms with Crippen LogP contribution in [0, 0.1) is 0 Å². The predicted molar refractivity (Wildman–Crippen MR) is 101 cm³/mol. The first-order chi connectivity index (χ1) is 12.9. The Balaban J connectivity index is 1.72. The first-order valence-electron chi connectivity index (χ1n) is 7.92. The summed E-state index contributed by atoms with van der Waals surface area (Å²) < 4.78 is 5.20. The molecule has 0 radical (unpaired) electrons. The molecule has 3 rings (SSSR count). The van der Waals surface area contributed by atoms with Crippen molar-refractivity contribution in [2.24, 2.45) is 0 Å². The summed E-state index contributed by atoms with van der Waals surface area (Å²) in [6.45, 7) is 0. The van der Waals surface area contributed by atoms with Crippen LogP contribution in [0.15, 0.2) is 42.5 Å². The van der Waals surface area contributed by atoms with Crippen LogP contribution in [-0.2, 0) is 9.59 Å². The number of hydrogen-bond acceptors (Lipinski definition) is 5. The van der Waals surface area contributed by atoms with Crippen molar-refractivity contribution in [3.63, 3.8) is 0 Å². The molecule has 0 bridgehead atoms. The maximum Gasteiger partial charge on any atom is 0.265 e. The highest BCUT2D eigenvalue weighted by Gasteiger charge is 2.41. The van der Waals surface area contributed by atoms with Crippen molar-refractivity contribution >= 4 is 46.6 Å². The number of carbonyl (C=O) groups excluding carboxylic acids is 3. The summed E-state index contributed by atoms with van der Waals surface area (Å²) in [5, 5.41) is 0.862. The molecule has 0 spiro atoms. The number of hydrazine groups is 1. The lowest BCUT2D eigenvalue weighted by atomic mass is 10.2. The fourth-order valence-electron chi connectivity index (χ4n) is 2.66. The molecule has 140 valence electrons. The molecule has 2 aromatic rings. The fraction of sp³-hybridized carbons (Fsp3) is 0.167. The number of hydrogen-bond donors (Lipinski definition) is 2. The van der Waals surface area contributed by atoms with Crippen LogP contribution in [0.5, 0.6) is 5.75 Å². The van der Waals surface area contributed by atoms with Gasteiger partial charge in [-0.2, -0.15) is 0 Å². The van der Waals surface area contributed by atoms with E-state index in [9.17, 15) is 14.4 Å². The summed E-state index contributed by atoms with van der Waals surface area (Å²) in [6.07, 6.45) is -0.116. The van der Waals surface area contributed by atoms with E-state index in [0.29, 0.717) is 21.4 Å². The normalized spacial score (nSPS) is 16.6. The van der Waals surface area contributed by atoms with E-state index in [1.54, 1.807) is 36.4 Å². The molecule has 1 aliphatic rings. The summed E-state index contributed by atoms with van der Waals surface area (Å²) in [6, 6.07) is 9.98. The number of benzene rings is 2. The zero-order chi connectivity index (χ0) is 19.6. The van der Waals surface area contributed by atoms with Gasteiger partial charge in [-0.05, 0) is 42.5 Å². The van der Waals surface area contributed by atoms with Crippen LogP contribution in [0.2, 0.25) is 10.0 Å². The molecule has 1 fully saturated rings. The molecular weight excluding hydrogens is 393 g/mol. The predicted octanol–water partition coefficient (Wildman–Crippen LogP) is 2.57. The minimum absolute atomic E-state index is 0.116. The van der Waals surface area contributed by atoms with E-state index >= 15 is 0 Å². The molecule has 2 N–H and O–H groups in total. The van der Waals surface area contributed by atoms with Crippen molar-refractivity contribution in [3.05, 3.63) is 58.1 Å². The largest absolute Gasteiger partial charge is 0.495 e. The summed E-state index contributed by atoms with van der Waals surface area (Å²) in [4.78, 5) is 38.2. The Labute approximate surface area is 165 Å². The lowest BCUT2D eigenvalue weighted by Gasteiger charge is -2.18. The van der Waals surface area contributed by atoms with Crippen LogP contribution in [0.4, 0.5) is 5.69 Å². The highest BCUT2D eigenvalue weighted by Crippen LogP contribution is 2.34. The quantitative estimate of drug-likeness (QED) is 0.587. The summed E-state index contributed by atoms with van der Waals surface area (Å²) in [5.41, 5.74) is 5.66. The number of nitrogens with one attached hydrogen (secondary N) is 2. The molecule has 2 aromatic carbocycles. The Morgan fingerprint density at radius 3 is 2.44 bits per heavy atom. The number of methoxy groups -OCH3 is 1. The summed E-state index contributed by atoms with van der Waals surface area (Å²) in [5.74, 6) is -1.06. The van der Waals surface area contributed by atoms with E-state index in [-0.39, 0.29) is 12.1 Å². The number of anilines is 1. The van der Waals surface area contributed by atoms with Crippen LogP contribution in [0.25, 0.3) is 0 Å². The number of carbonyl (C=O) groups is 3. The van der Waals surface area contributed by atoms with E-state index in [0.717, 1.165) is 4.90 Å². The summed E-state index contributed by atoms with van der Waals surface area (Å²) in [7, 11) is 1.43. The van der Waals surface area contributed by atoms with E-state index < -0.39 is 23.8 Å². The second kappa shape index (κ2) is 7.96. The topological polar surface area (TPSA) is 87.7 Å². The van der Waals surface area contributed by atoms with E-state index in [1.165, 1.54) is 13.2 Å². The van der Waals surface area contributed by atoms with Gasteiger partial charge in [-0.15, -0.1) is 0 Å². The summed E-state index contributed by atoms with van der Waals surface area (Å²) >= 11 is 11.8. The molecule has 1 heterocycles. The van der Waals surface area contributed by atoms with Crippen molar-refractivity contribution in [3.8, 4) is 5.75 Å². The van der Waals surface area contributed by atoms with E-state index in [1.807, 2.05) is 0 Å². The van der Waals surface area contributed by atoms with Gasteiger partial charge in [0.2, 0.25) is 5.91 Å². The molecule has 0 saturated carbocycles. The molecular formula is C18H15Cl2N3O4. The van der Waals surface area contributed by atoms with Gasteiger partial charge in [-0.1, -0.05) is 23.2 Å². The monoisotopic (exact) mass is 407 g/mol. The minimum atomic E-state index is -0.905. The van der Waals surface area contributed by atoms with Gasteiger partial charge in [-0.25, -0.2) is 10.3 Å². The van der Waals surface area contributed by atoms with Crippen LogP contribution in [-0.4, -0.2) is 30.9 Å². The minimum Gasteiger partial charge on any atom is -0.495 e. The van der Waals surface area contributed by atoms with Gasteiger partial charge in [0.15, 0.2) is 0 Å². The average Bonchev–Trinajstić information content (AvgIpc) is 2.93. The van der Waals surface area contributed by atoms with Crippen molar-refractivity contribution in [1.82, 2.24) is 10.9 Å². The van der Waals surface area contributed by atoms with Crippen molar-refractivity contribution in [2.45, 2.75) is 12.5 Å². The Morgan fingerprint density at radius 2 is 1.78 bits per heavy atom. The van der Waals surface area contributed by atoms with Gasteiger partial charge in [0.05, 0.1) is 19.2 Å². The molecule has 9 heteroatoms. The standard InChI is InChI=1S/C18H15Cl2N3O4/c1-27-15-7-6-12(20)8-14(15)23-16(24)9-13(18(23)26)21-22-17(25)10-2-4-11(19)5-3-10/h2-8,13,21H,9H2,1H3,(H,22,25). The van der Waals surface area contributed by atoms with Crippen LogP contribution in [0.1, 0.15) is 16.8 Å². The maximum atomic E-state index is 12.7. The van der Waals surface area contributed by atoms with E-state index in [4.69, 9.17) is 27.9 Å². The second-order valence-electron chi connectivity index (χ2n) is 5.75. The van der Waals surface area contributed by atoms with Gasteiger partial charge < -0.3 is 4.74 Å². The van der Waals surface area contributed by atoms with E-state index in [2.05, 4.69) is 10.9 Å². The lowest BCUT2D eigenvalue weighted by molar-refractivity contribution is -0.121. The first-order valence-corrected chi connectivity index (χ1v) is 8.68.